The van der Waals surface area contributed by atoms with E-state index in [0.29, 0.717) is 29.5 Å². The van der Waals surface area contributed by atoms with E-state index >= 15 is 0 Å². The van der Waals surface area contributed by atoms with E-state index in [9.17, 15) is 10.4 Å². The SMILES string of the molecule is N#Cc1cnn2c(Nc3ccc(N(CCCl)CCCl)cc3)cc(CN3CCC(O)CC3)nc12. The Bertz CT molecular complexity index is 1100. The molecule has 8 nitrogen and oxygen atoms in total. The second kappa shape index (κ2) is 11.0. The van der Waals surface area contributed by atoms with Crippen molar-refractivity contribution in [3.63, 3.8) is 0 Å². The second-order valence-electron chi connectivity index (χ2n) is 8.08. The Morgan fingerprint density at radius 2 is 1.85 bits per heavy atom. The van der Waals surface area contributed by atoms with Crippen molar-refractivity contribution < 1.29 is 5.11 Å². The van der Waals surface area contributed by atoms with Crippen LogP contribution in [0.25, 0.3) is 5.65 Å². The molecule has 1 aliphatic rings. The number of aliphatic hydroxyl groups excluding tert-OH is 1. The summed E-state index contributed by atoms with van der Waals surface area (Å²) in [4.78, 5) is 9.12. The average molecular weight is 488 g/mol. The summed E-state index contributed by atoms with van der Waals surface area (Å²) in [5, 5.41) is 27.1. The number of anilines is 3. The van der Waals surface area contributed by atoms with Crippen molar-refractivity contribution in [3.05, 3.63) is 47.8 Å². The fourth-order valence-electron chi connectivity index (χ4n) is 4.05. The Hall–Kier alpha value is -2.57. The van der Waals surface area contributed by atoms with E-state index in [1.165, 1.54) is 6.20 Å². The van der Waals surface area contributed by atoms with Crippen LogP contribution in [0.2, 0.25) is 0 Å². The van der Waals surface area contributed by atoms with Gasteiger partial charge in [0.15, 0.2) is 5.65 Å². The van der Waals surface area contributed by atoms with E-state index < -0.39 is 0 Å². The Balaban J connectivity index is 1.58. The van der Waals surface area contributed by atoms with E-state index in [0.717, 1.165) is 61.9 Å². The fourth-order valence-corrected chi connectivity index (χ4v) is 4.45. The van der Waals surface area contributed by atoms with E-state index in [4.69, 9.17) is 28.2 Å². The van der Waals surface area contributed by atoms with Gasteiger partial charge < -0.3 is 15.3 Å². The van der Waals surface area contributed by atoms with Crippen LogP contribution in [0.4, 0.5) is 17.2 Å². The van der Waals surface area contributed by atoms with E-state index in [2.05, 4.69) is 26.3 Å². The first-order valence-electron chi connectivity index (χ1n) is 11.0. The van der Waals surface area contributed by atoms with Gasteiger partial charge in [0.25, 0.3) is 0 Å². The quantitative estimate of drug-likeness (QED) is 0.445. The maximum absolute atomic E-state index is 9.78. The van der Waals surface area contributed by atoms with Gasteiger partial charge in [-0.1, -0.05) is 0 Å². The molecule has 0 spiro atoms. The number of rotatable bonds is 9. The van der Waals surface area contributed by atoms with Crippen LogP contribution in [0.3, 0.4) is 0 Å². The number of aliphatic hydroxyl groups is 1. The summed E-state index contributed by atoms with van der Waals surface area (Å²) in [6.45, 7) is 3.76. The highest BCUT2D eigenvalue weighted by atomic mass is 35.5. The molecule has 3 aromatic rings. The number of aromatic nitrogens is 3. The summed E-state index contributed by atoms with van der Waals surface area (Å²) in [7, 11) is 0. The van der Waals surface area contributed by atoms with Crippen LogP contribution in [0.15, 0.2) is 36.5 Å². The molecule has 0 radical (unpaired) electrons. The molecular formula is C23H27Cl2N7O. The van der Waals surface area contributed by atoms with Gasteiger partial charge >= 0.3 is 0 Å². The lowest BCUT2D eigenvalue weighted by Crippen LogP contribution is -2.35. The zero-order valence-electron chi connectivity index (χ0n) is 18.3. The highest BCUT2D eigenvalue weighted by molar-refractivity contribution is 6.18. The van der Waals surface area contributed by atoms with Crippen molar-refractivity contribution >= 4 is 46.0 Å². The van der Waals surface area contributed by atoms with Gasteiger partial charge in [-0.3, -0.25) is 4.90 Å². The van der Waals surface area contributed by atoms with Crippen LogP contribution in [0.1, 0.15) is 24.1 Å². The molecule has 1 saturated heterocycles. The lowest BCUT2D eigenvalue weighted by molar-refractivity contribution is 0.0787. The van der Waals surface area contributed by atoms with Gasteiger partial charge in [-0.15, -0.1) is 23.2 Å². The summed E-state index contributed by atoms with van der Waals surface area (Å²) in [6.07, 6.45) is 2.84. The molecular weight excluding hydrogens is 461 g/mol. The topological polar surface area (TPSA) is 92.7 Å². The first-order valence-corrected chi connectivity index (χ1v) is 12.1. The second-order valence-corrected chi connectivity index (χ2v) is 8.84. The van der Waals surface area contributed by atoms with Crippen LogP contribution in [-0.2, 0) is 6.54 Å². The highest BCUT2D eigenvalue weighted by Gasteiger charge is 2.19. The average Bonchev–Trinajstić information content (AvgIpc) is 3.24. The fraction of sp³-hybridized carbons (Fsp3) is 0.435. The minimum atomic E-state index is -0.221. The molecule has 0 bridgehead atoms. The smallest absolute Gasteiger partial charge is 0.175 e. The minimum absolute atomic E-state index is 0.221. The van der Waals surface area contributed by atoms with Gasteiger partial charge in [-0.05, 0) is 37.1 Å². The van der Waals surface area contributed by atoms with Crippen LogP contribution in [0.5, 0.6) is 0 Å². The monoisotopic (exact) mass is 487 g/mol. The van der Waals surface area contributed by atoms with E-state index in [1.807, 2.05) is 30.3 Å². The Morgan fingerprint density at radius 3 is 2.48 bits per heavy atom. The van der Waals surface area contributed by atoms with Crippen molar-refractivity contribution in [1.82, 2.24) is 19.5 Å². The van der Waals surface area contributed by atoms with Crippen molar-refractivity contribution in [3.8, 4) is 6.07 Å². The third kappa shape index (κ3) is 5.68. The summed E-state index contributed by atoms with van der Waals surface area (Å²) in [5.74, 6) is 1.80. The molecule has 3 heterocycles. The molecule has 2 aromatic heterocycles. The Morgan fingerprint density at radius 1 is 1.15 bits per heavy atom. The van der Waals surface area contributed by atoms with Crippen molar-refractivity contribution in [2.24, 2.45) is 0 Å². The lowest BCUT2D eigenvalue weighted by atomic mass is 10.1. The molecule has 174 valence electrons. The number of likely N-dealkylation sites (tertiary alicyclic amines) is 1. The maximum atomic E-state index is 9.78. The summed E-state index contributed by atoms with van der Waals surface area (Å²) < 4.78 is 1.66. The van der Waals surface area contributed by atoms with Crippen LogP contribution < -0.4 is 10.2 Å². The zero-order valence-corrected chi connectivity index (χ0v) is 19.8. The van der Waals surface area contributed by atoms with E-state index in [-0.39, 0.29) is 6.10 Å². The number of piperidine rings is 1. The van der Waals surface area contributed by atoms with Gasteiger partial charge in [0, 0.05) is 61.9 Å². The first kappa shape index (κ1) is 23.6. The van der Waals surface area contributed by atoms with Gasteiger partial charge in [0.2, 0.25) is 0 Å². The number of hydrogen-bond donors (Lipinski definition) is 2. The number of benzene rings is 1. The molecule has 10 heteroatoms. The molecule has 1 aliphatic heterocycles. The number of nitriles is 1. The molecule has 33 heavy (non-hydrogen) atoms. The van der Waals surface area contributed by atoms with Gasteiger partial charge in [-0.25, -0.2) is 4.98 Å². The number of nitrogens with one attached hydrogen (secondary N) is 1. The number of nitrogens with zero attached hydrogens (tertiary/aromatic N) is 6. The third-order valence-electron chi connectivity index (χ3n) is 5.80. The minimum Gasteiger partial charge on any atom is -0.393 e. The highest BCUT2D eigenvalue weighted by Crippen LogP contribution is 2.24. The molecule has 0 saturated carbocycles. The normalized spacial score (nSPS) is 15.0. The lowest BCUT2D eigenvalue weighted by Gasteiger charge is -2.29. The molecule has 4 rings (SSSR count). The molecule has 1 aromatic carbocycles. The van der Waals surface area contributed by atoms with Crippen LogP contribution >= 0.6 is 23.2 Å². The van der Waals surface area contributed by atoms with Crippen LogP contribution in [-0.4, -0.2) is 68.6 Å². The predicted octanol–water partition coefficient (Wildman–Crippen LogP) is 3.59. The largest absolute Gasteiger partial charge is 0.393 e. The zero-order chi connectivity index (χ0) is 23.2. The molecule has 0 atom stereocenters. The van der Waals surface area contributed by atoms with Crippen LogP contribution in [0, 0.1) is 11.3 Å². The predicted molar refractivity (Wildman–Crippen MR) is 132 cm³/mol. The molecule has 2 N–H and O–H groups in total. The maximum Gasteiger partial charge on any atom is 0.175 e. The summed E-state index contributed by atoms with van der Waals surface area (Å²) in [5.41, 5.74) is 3.76. The standard InChI is InChI=1S/C23H27Cl2N7O/c24-7-11-31(12-8-25)20-3-1-18(2-4-20)28-22-13-19(16-30-9-5-21(33)6-10-30)29-23-17(14-26)15-27-32(22)23/h1-4,13,15,21,28,33H,5-12,16H2. The first-order chi connectivity index (χ1) is 16.1. The number of fused-ring (bicyclic) bond motifs is 1. The van der Waals surface area contributed by atoms with Crippen molar-refractivity contribution in [1.29, 1.82) is 5.26 Å². The number of halogens is 2. The molecule has 1 fully saturated rings. The van der Waals surface area contributed by atoms with Gasteiger partial charge in [0.05, 0.1) is 18.0 Å². The van der Waals surface area contributed by atoms with Crippen molar-refractivity contribution in [2.45, 2.75) is 25.5 Å². The van der Waals surface area contributed by atoms with Gasteiger partial charge in [0.1, 0.15) is 17.5 Å². The molecule has 0 unspecified atom stereocenters. The molecule has 0 aliphatic carbocycles. The summed E-state index contributed by atoms with van der Waals surface area (Å²) in [6, 6.07) is 12.2. The van der Waals surface area contributed by atoms with E-state index in [1.54, 1.807) is 4.52 Å². The van der Waals surface area contributed by atoms with Gasteiger partial charge in [-0.2, -0.15) is 14.9 Å². The van der Waals surface area contributed by atoms with Crippen molar-refractivity contribution in [2.75, 3.05) is 48.2 Å². The number of alkyl halides is 2. The summed E-state index contributed by atoms with van der Waals surface area (Å²) >= 11 is 11.9. The Labute approximate surface area is 203 Å². The third-order valence-corrected chi connectivity index (χ3v) is 6.14. The number of hydrogen-bond acceptors (Lipinski definition) is 7. The molecule has 0 amide bonds. The Kier molecular flexibility index (Phi) is 7.89.